The van der Waals surface area contributed by atoms with Crippen LogP contribution in [0.4, 0.5) is 0 Å². The van der Waals surface area contributed by atoms with Crippen molar-refractivity contribution < 1.29 is 0 Å². The van der Waals surface area contributed by atoms with Gasteiger partial charge >= 0.3 is 0 Å². The van der Waals surface area contributed by atoms with Crippen LogP contribution in [-0.4, -0.2) is 0 Å². The Hall–Kier alpha value is -0.560. The highest BCUT2D eigenvalue weighted by atomic mass is 79.9. The Bertz CT molecular complexity index is 277. The van der Waals surface area contributed by atoms with E-state index in [0.717, 1.165) is 6.42 Å². The molecule has 0 nitrogen and oxygen atoms in total. The summed E-state index contributed by atoms with van der Waals surface area (Å²) in [6.07, 6.45) is 11.9. The first-order chi connectivity index (χ1) is 4.86. The third-order valence-electron chi connectivity index (χ3n) is 1.69. The fourth-order valence-corrected chi connectivity index (χ4v) is 1.71. The standard InChI is InChI=1S/C9H7Br/c10-9-5-7-3-1-2-4-8(7)6-9/h1,3-6H,2H2. The van der Waals surface area contributed by atoms with Gasteiger partial charge in [0, 0.05) is 4.48 Å². The van der Waals surface area contributed by atoms with Crippen LogP contribution in [0.1, 0.15) is 6.42 Å². The van der Waals surface area contributed by atoms with Crippen molar-refractivity contribution in [3.63, 3.8) is 0 Å². The van der Waals surface area contributed by atoms with Crippen LogP contribution in [0.25, 0.3) is 0 Å². The van der Waals surface area contributed by atoms with Gasteiger partial charge in [-0.25, -0.2) is 0 Å². The number of hydrogen-bond acceptors (Lipinski definition) is 0. The molecule has 0 atom stereocenters. The van der Waals surface area contributed by atoms with Crippen molar-refractivity contribution in [2.24, 2.45) is 0 Å². The van der Waals surface area contributed by atoms with Crippen LogP contribution >= 0.6 is 15.9 Å². The maximum atomic E-state index is 3.44. The number of fused-ring (bicyclic) bond motifs is 1. The molecule has 0 bridgehead atoms. The Morgan fingerprint density at radius 2 is 2.10 bits per heavy atom. The number of halogens is 1. The van der Waals surface area contributed by atoms with E-state index >= 15 is 0 Å². The van der Waals surface area contributed by atoms with Gasteiger partial charge in [0.25, 0.3) is 0 Å². The van der Waals surface area contributed by atoms with Crippen LogP contribution < -0.4 is 0 Å². The summed E-state index contributed by atoms with van der Waals surface area (Å²) in [6.45, 7) is 0. The molecular formula is C9H7Br. The van der Waals surface area contributed by atoms with E-state index in [1.54, 1.807) is 0 Å². The first-order valence-electron chi connectivity index (χ1n) is 3.32. The molecule has 2 rings (SSSR count). The quantitative estimate of drug-likeness (QED) is 0.557. The average molecular weight is 195 g/mol. The monoisotopic (exact) mass is 194 g/mol. The lowest BCUT2D eigenvalue weighted by molar-refractivity contribution is 1.31. The molecule has 50 valence electrons. The molecule has 10 heavy (non-hydrogen) atoms. The summed E-state index contributed by atoms with van der Waals surface area (Å²) in [7, 11) is 0. The van der Waals surface area contributed by atoms with Crippen molar-refractivity contribution in [3.05, 3.63) is 46.0 Å². The molecule has 0 amide bonds. The molecular weight excluding hydrogens is 188 g/mol. The minimum atomic E-state index is 1.07. The summed E-state index contributed by atoms with van der Waals surface area (Å²) in [5.41, 5.74) is 2.69. The van der Waals surface area contributed by atoms with Crippen LogP contribution in [0.15, 0.2) is 46.0 Å². The Labute approximate surface area is 68.8 Å². The Kier molecular flexibility index (Phi) is 1.38. The van der Waals surface area contributed by atoms with Crippen LogP contribution in [0.2, 0.25) is 0 Å². The SMILES string of the molecule is BrC1=CC2=CCC=CC2=C1. The van der Waals surface area contributed by atoms with E-state index in [1.165, 1.54) is 15.6 Å². The summed E-state index contributed by atoms with van der Waals surface area (Å²) >= 11 is 3.44. The molecule has 0 aromatic carbocycles. The van der Waals surface area contributed by atoms with E-state index in [9.17, 15) is 0 Å². The molecule has 0 aromatic rings. The predicted octanol–water partition coefficient (Wildman–Crippen LogP) is 3.09. The lowest BCUT2D eigenvalue weighted by Crippen LogP contribution is -1.82. The van der Waals surface area contributed by atoms with E-state index in [-0.39, 0.29) is 0 Å². The zero-order valence-corrected chi connectivity index (χ0v) is 7.06. The van der Waals surface area contributed by atoms with Crippen LogP contribution in [0.3, 0.4) is 0 Å². The van der Waals surface area contributed by atoms with Crippen molar-refractivity contribution >= 4 is 15.9 Å². The van der Waals surface area contributed by atoms with Gasteiger partial charge in [-0.2, -0.15) is 0 Å². The number of hydrogen-bond donors (Lipinski definition) is 0. The smallest absolute Gasteiger partial charge is 0.0187 e. The molecule has 0 aromatic heterocycles. The van der Waals surface area contributed by atoms with Gasteiger partial charge in [-0.05, 0) is 29.7 Å². The minimum Gasteiger partial charge on any atom is -0.0801 e. The highest BCUT2D eigenvalue weighted by molar-refractivity contribution is 9.11. The maximum Gasteiger partial charge on any atom is 0.0187 e. The molecule has 0 fully saturated rings. The van der Waals surface area contributed by atoms with E-state index in [1.807, 2.05) is 0 Å². The average Bonchev–Trinajstić information content (AvgIpc) is 2.27. The van der Waals surface area contributed by atoms with E-state index < -0.39 is 0 Å². The predicted molar refractivity (Wildman–Crippen MR) is 46.9 cm³/mol. The highest BCUT2D eigenvalue weighted by Gasteiger charge is 2.08. The van der Waals surface area contributed by atoms with Crippen molar-refractivity contribution in [2.45, 2.75) is 6.42 Å². The Morgan fingerprint density at radius 1 is 1.20 bits per heavy atom. The first kappa shape index (κ1) is 6.17. The molecule has 0 unspecified atom stereocenters. The summed E-state index contributed by atoms with van der Waals surface area (Å²) in [5, 5.41) is 0. The molecule has 2 aliphatic carbocycles. The van der Waals surface area contributed by atoms with Gasteiger partial charge < -0.3 is 0 Å². The zero-order valence-electron chi connectivity index (χ0n) is 5.47. The summed E-state index contributed by atoms with van der Waals surface area (Å²) < 4.78 is 1.18. The van der Waals surface area contributed by atoms with Crippen molar-refractivity contribution in [3.8, 4) is 0 Å². The van der Waals surface area contributed by atoms with Crippen molar-refractivity contribution in [1.82, 2.24) is 0 Å². The van der Waals surface area contributed by atoms with Crippen molar-refractivity contribution in [1.29, 1.82) is 0 Å². The zero-order chi connectivity index (χ0) is 6.97. The van der Waals surface area contributed by atoms with Gasteiger partial charge in [-0.3, -0.25) is 0 Å². The van der Waals surface area contributed by atoms with Gasteiger partial charge in [0.05, 0.1) is 0 Å². The first-order valence-corrected chi connectivity index (χ1v) is 4.11. The Balaban J connectivity index is 2.46. The summed E-state index contributed by atoms with van der Waals surface area (Å²) in [5.74, 6) is 0. The molecule has 1 heteroatoms. The van der Waals surface area contributed by atoms with E-state index in [0.29, 0.717) is 0 Å². The lowest BCUT2D eigenvalue weighted by atomic mass is 10.0. The van der Waals surface area contributed by atoms with Gasteiger partial charge in [-0.15, -0.1) is 0 Å². The third kappa shape index (κ3) is 0.907. The summed E-state index contributed by atoms with van der Waals surface area (Å²) in [4.78, 5) is 0. The number of allylic oxidation sites excluding steroid dienone is 8. The lowest BCUT2D eigenvalue weighted by Gasteiger charge is -2.01. The maximum absolute atomic E-state index is 3.44. The second-order valence-corrected chi connectivity index (χ2v) is 3.34. The normalized spacial score (nSPS) is 21.5. The minimum absolute atomic E-state index is 1.07. The largest absolute Gasteiger partial charge is 0.0801 e. The third-order valence-corrected chi connectivity index (χ3v) is 2.15. The summed E-state index contributed by atoms with van der Waals surface area (Å²) in [6, 6.07) is 0. The molecule has 0 radical (unpaired) electrons. The molecule has 0 aliphatic heterocycles. The molecule has 0 saturated carbocycles. The van der Waals surface area contributed by atoms with E-state index in [2.05, 4.69) is 46.3 Å². The van der Waals surface area contributed by atoms with Gasteiger partial charge in [0.15, 0.2) is 0 Å². The van der Waals surface area contributed by atoms with Crippen molar-refractivity contribution in [2.75, 3.05) is 0 Å². The van der Waals surface area contributed by atoms with Gasteiger partial charge in [-0.1, -0.05) is 34.2 Å². The second-order valence-electron chi connectivity index (χ2n) is 2.43. The molecule has 2 aliphatic rings. The van der Waals surface area contributed by atoms with E-state index in [4.69, 9.17) is 0 Å². The van der Waals surface area contributed by atoms with Crippen LogP contribution in [0.5, 0.6) is 0 Å². The number of rotatable bonds is 0. The highest BCUT2D eigenvalue weighted by Crippen LogP contribution is 2.30. The Morgan fingerprint density at radius 3 is 2.90 bits per heavy atom. The van der Waals surface area contributed by atoms with Crippen LogP contribution in [-0.2, 0) is 0 Å². The van der Waals surface area contributed by atoms with Crippen LogP contribution in [0, 0.1) is 0 Å². The fraction of sp³-hybridized carbons (Fsp3) is 0.111. The molecule has 0 heterocycles. The fourth-order valence-electron chi connectivity index (χ4n) is 1.22. The molecule has 0 N–H and O–H groups in total. The topological polar surface area (TPSA) is 0 Å². The molecule has 0 saturated heterocycles. The van der Waals surface area contributed by atoms with Gasteiger partial charge in [0.1, 0.15) is 0 Å². The second kappa shape index (κ2) is 2.24. The van der Waals surface area contributed by atoms with Gasteiger partial charge in [0.2, 0.25) is 0 Å². The molecule has 0 spiro atoms.